The Morgan fingerprint density at radius 2 is 2.10 bits per heavy atom. The molecule has 2 aliphatic rings. The van der Waals surface area contributed by atoms with Crippen LogP contribution < -0.4 is 5.32 Å². The second-order valence-electron chi connectivity index (χ2n) is 6.33. The standard InChI is InChI=1S/C17H22N2O2/c1-3-17(2)16(21)19(9-8-15(20)18-17)11-13-10-12-6-4-5-7-14(12)13/h4-7,13H,3,8-11H2,1-2H3,(H,18,20). The normalized spacial score (nSPS) is 28.5. The number of fused-ring (bicyclic) bond motifs is 1. The number of rotatable bonds is 3. The summed E-state index contributed by atoms with van der Waals surface area (Å²) in [7, 11) is 0. The molecule has 1 aliphatic carbocycles. The van der Waals surface area contributed by atoms with Crippen molar-refractivity contribution in [3.63, 3.8) is 0 Å². The monoisotopic (exact) mass is 286 g/mol. The average Bonchev–Trinajstić information content (AvgIpc) is 2.56. The van der Waals surface area contributed by atoms with Crippen molar-refractivity contribution in [1.29, 1.82) is 0 Å². The number of hydrogen-bond donors (Lipinski definition) is 1. The van der Waals surface area contributed by atoms with Gasteiger partial charge in [-0.25, -0.2) is 0 Å². The van der Waals surface area contributed by atoms with Gasteiger partial charge >= 0.3 is 0 Å². The summed E-state index contributed by atoms with van der Waals surface area (Å²) in [4.78, 5) is 26.4. The first-order valence-electron chi connectivity index (χ1n) is 7.71. The molecule has 0 spiro atoms. The number of hydrogen-bond acceptors (Lipinski definition) is 2. The van der Waals surface area contributed by atoms with E-state index in [1.165, 1.54) is 11.1 Å². The molecule has 1 fully saturated rings. The average molecular weight is 286 g/mol. The zero-order valence-electron chi connectivity index (χ0n) is 12.7. The van der Waals surface area contributed by atoms with Crippen molar-refractivity contribution < 1.29 is 9.59 Å². The molecule has 1 aliphatic heterocycles. The minimum Gasteiger partial charge on any atom is -0.342 e. The molecule has 1 saturated heterocycles. The molecule has 0 bridgehead atoms. The first kappa shape index (κ1) is 14.1. The van der Waals surface area contributed by atoms with Crippen LogP contribution in [0.25, 0.3) is 0 Å². The number of carbonyl (C=O) groups is 2. The number of benzene rings is 1. The summed E-state index contributed by atoms with van der Waals surface area (Å²) in [6.07, 6.45) is 2.05. The minimum absolute atomic E-state index is 0.0239. The SMILES string of the molecule is CCC1(C)NC(=O)CCN(CC2Cc3ccccc32)C1=O. The van der Waals surface area contributed by atoms with Gasteiger partial charge in [-0.1, -0.05) is 31.2 Å². The zero-order chi connectivity index (χ0) is 15.0. The fourth-order valence-corrected chi connectivity index (χ4v) is 3.32. The zero-order valence-corrected chi connectivity index (χ0v) is 12.7. The van der Waals surface area contributed by atoms with Gasteiger partial charge < -0.3 is 10.2 Å². The van der Waals surface area contributed by atoms with Crippen LogP contribution in [0.5, 0.6) is 0 Å². The molecular weight excluding hydrogens is 264 g/mol. The van der Waals surface area contributed by atoms with E-state index in [1.807, 2.05) is 18.7 Å². The summed E-state index contributed by atoms with van der Waals surface area (Å²) >= 11 is 0. The summed E-state index contributed by atoms with van der Waals surface area (Å²) in [5.74, 6) is 0.448. The maximum Gasteiger partial charge on any atom is 0.248 e. The highest BCUT2D eigenvalue weighted by Crippen LogP contribution is 2.36. The van der Waals surface area contributed by atoms with Gasteiger partial charge in [0.15, 0.2) is 0 Å². The van der Waals surface area contributed by atoms with Crippen LogP contribution in [0.1, 0.15) is 43.7 Å². The highest BCUT2D eigenvalue weighted by molar-refractivity contribution is 5.93. The van der Waals surface area contributed by atoms with E-state index in [1.54, 1.807) is 0 Å². The summed E-state index contributed by atoms with van der Waals surface area (Å²) in [5.41, 5.74) is 1.99. The first-order chi connectivity index (χ1) is 10.0. The fraction of sp³-hybridized carbons (Fsp3) is 0.529. The number of amides is 2. The number of carbonyl (C=O) groups excluding carboxylic acids is 2. The molecule has 0 aromatic heterocycles. The van der Waals surface area contributed by atoms with Gasteiger partial charge in [-0.05, 0) is 30.9 Å². The smallest absolute Gasteiger partial charge is 0.248 e. The Hall–Kier alpha value is -1.84. The lowest BCUT2D eigenvalue weighted by Crippen LogP contribution is -2.55. The molecule has 2 unspecified atom stereocenters. The van der Waals surface area contributed by atoms with Crippen LogP contribution in [-0.2, 0) is 16.0 Å². The van der Waals surface area contributed by atoms with Crippen molar-refractivity contribution in [1.82, 2.24) is 10.2 Å². The van der Waals surface area contributed by atoms with Crippen LogP contribution in [-0.4, -0.2) is 35.3 Å². The van der Waals surface area contributed by atoms with Crippen LogP contribution in [0.15, 0.2) is 24.3 Å². The summed E-state index contributed by atoms with van der Waals surface area (Å²) in [6, 6.07) is 8.41. The van der Waals surface area contributed by atoms with Crippen molar-refractivity contribution in [3.8, 4) is 0 Å². The summed E-state index contributed by atoms with van der Waals surface area (Å²) in [6.45, 7) is 5.03. The van der Waals surface area contributed by atoms with Crippen LogP contribution in [0.3, 0.4) is 0 Å². The van der Waals surface area contributed by atoms with Gasteiger partial charge in [0.1, 0.15) is 5.54 Å². The predicted octanol–water partition coefficient (Wildman–Crippen LogP) is 1.84. The summed E-state index contributed by atoms with van der Waals surface area (Å²) < 4.78 is 0. The Morgan fingerprint density at radius 1 is 1.33 bits per heavy atom. The molecule has 2 atom stereocenters. The molecule has 2 amide bonds. The molecule has 21 heavy (non-hydrogen) atoms. The largest absolute Gasteiger partial charge is 0.342 e. The minimum atomic E-state index is -0.753. The van der Waals surface area contributed by atoms with Gasteiger partial charge in [0.05, 0.1) is 0 Å². The second-order valence-corrected chi connectivity index (χ2v) is 6.33. The topological polar surface area (TPSA) is 49.4 Å². The van der Waals surface area contributed by atoms with Crippen LogP contribution >= 0.6 is 0 Å². The van der Waals surface area contributed by atoms with E-state index in [0.29, 0.717) is 25.3 Å². The third-order valence-corrected chi connectivity index (χ3v) is 4.89. The van der Waals surface area contributed by atoms with Crippen LogP contribution in [0.2, 0.25) is 0 Å². The van der Waals surface area contributed by atoms with Gasteiger partial charge in [0, 0.05) is 25.4 Å². The Bertz CT molecular complexity index is 584. The lowest BCUT2D eigenvalue weighted by molar-refractivity contribution is -0.138. The lowest BCUT2D eigenvalue weighted by Gasteiger charge is -2.37. The predicted molar refractivity (Wildman–Crippen MR) is 80.9 cm³/mol. The second kappa shape index (κ2) is 5.17. The maximum absolute atomic E-state index is 12.7. The van der Waals surface area contributed by atoms with Crippen molar-refractivity contribution in [2.45, 2.75) is 44.6 Å². The molecule has 3 rings (SSSR count). The van der Waals surface area contributed by atoms with E-state index in [0.717, 1.165) is 13.0 Å². The van der Waals surface area contributed by atoms with Crippen molar-refractivity contribution in [2.24, 2.45) is 0 Å². The van der Waals surface area contributed by atoms with Crippen molar-refractivity contribution in [2.75, 3.05) is 13.1 Å². The van der Waals surface area contributed by atoms with Gasteiger partial charge in [-0.2, -0.15) is 0 Å². The van der Waals surface area contributed by atoms with E-state index in [2.05, 4.69) is 29.6 Å². The van der Waals surface area contributed by atoms with E-state index in [4.69, 9.17) is 0 Å². The van der Waals surface area contributed by atoms with Crippen molar-refractivity contribution in [3.05, 3.63) is 35.4 Å². The Labute approximate surface area is 125 Å². The molecule has 1 N–H and O–H groups in total. The summed E-state index contributed by atoms with van der Waals surface area (Å²) in [5, 5.41) is 2.88. The molecule has 1 aromatic carbocycles. The lowest BCUT2D eigenvalue weighted by atomic mass is 9.77. The van der Waals surface area contributed by atoms with E-state index < -0.39 is 5.54 Å². The quantitative estimate of drug-likeness (QED) is 0.922. The maximum atomic E-state index is 12.7. The van der Waals surface area contributed by atoms with Crippen LogP contribution in [0.4, 0.5) is 0 Å². The molecule has 1 heterocycles. The van der Waals surface area contributed by atoms with Crippen LogP contribution in [0, 0.1) is 0 Å². The molecule has 0 radical (unpaired) electrons. The van der Waals surface area contributed by atoms with E-state index in [9.17, 15) is 9.59 Å². The molecule has 4 nitrogen and oxygen atoms in total. The number of nitrogens with zero attached hydrogens (tertiary/aromatic N) is 1. The first-order valence-corrected chi connectivity index (χ1v) is 7.71. The Morgan fingerprint density at radius 3 is 2.81 bits per heavy atom. The third kappa shape index (κ3) is 2.43. The third-order valence-electron chi connectivity index (χ3n) is 4.89. The van der Waals surface area contributed by atoms with Crippen molar-refractivity contribution >= 4 is 11.8 Å². The molecular formula is C17H22N2O2. The molecule has 0 saturated carbocycles. The van der Waals surface area contributed by atoms with Gasteiger partial charge in [-0.3, -0.25) is 9.59 Å². The Kier molecular flexibility index (Phi) is 3.47. The van der Waals surface area contributed by atoms with E-state index in [-0.39, 0.29) is 11.8 Å². The molecule has 1 aromatic rings. The molecule has 112 valence electrons. The fourth-order valence-electron chi connectivity index (χ4n) is 3.32. The molecule has 4 heteroatoms. The number of nitrogens with one attached hydrogen (secondary N) is 1. The van der Waals surface area contributed by atoms with E-state index >= 15 is 0 Å². The highest BCUT2D eigenvalue weighted by Gasteiger charge is 2.40. The Balaban J connectivity index is 1.76. The van der Waals surface area contributed by atoms with Gasteiger partial charge in [0.25, 0.3) is 0 Å². The highest BCUT2D eigenvalue weighted by atomic mass is 16.2. The van der Waals surface area contributed by atoms with Gasteiger partial charge in [0.2, 0.25) is 11.8 Å². The van der Waals surface area contributed by atoms with Gasteiger partial charge in [-0.15, -0.1) is 0 Å².